The lowest BCUT2D eigenvalue weighted by molar-refractivity contribution is -0.159. The summed E-state index contributed by atoms with van der Waals surface area (Å²) < 4.78 is 10.9. The average Bonchev–Trinajstić information content (AvgIpc) is 3.12. The van der Waals surface area contributed by atoms with E-state index in [-0.39, 0.29) is 29.5 Å². The summed E-state index contributed by atoms with van der Waals surface area (Å²) in [6, 6.07) is 17.1. The topological polar surface area (TPSA) is 52.6 Å². The van der Waals surface area contributed by atoms with Crippen molar-refractivity contribution < 1.29 is 19.1 Å². The molecule has 3 rings (SSSR count). The molecule has 1 saturated carbocycles. The van der Waals surface area contributed by atoms with E-state index in [9.17, 15) is 9.59 Å². The molecule has 4 heteroatoms. The van der Waals surface area contributed by atoms with Crippen molar-refractivity contribution in [1.29, 1.82) is 0 Å². The number of methoxy groups -OCH3 is 1. The van der Waals surface area contributed by atoms with Gasteiger partial charge in [-0.15, -0.1) is 0 Å². The molecule has 0 N–H and O–H groups in total. The first-order valence-electron chi connectivity index (χ1n) is 9.74. The van der Waals surface area contributed by atoms with Crippen molar-refractivity contribution in [1.82, 2.24) is 0 Å². The minimum absolute atomic E-state index is 0.0175. The smallest absolute Gasteiger partial charge is 0.309 e. The number of ether oxygens (including phenoxy) is 2. The van der Waals surface area contributed by atoms with Crippen LogP contribution in [-0.2, 0) is 9.53 Å². The molecule has 1 fully saturated rings. The van der Waals surface area contributed by atoms with Crippen LogP contribution in [0.15, 0.2) is 54.6 Å². The van der Waals surface area contributed by atoms with Gasteiger partial charge in [-0.25, -0.2) is 0 Å². The molecule has 4 nitrogen and oxygen atoms in total. The Morgan fingerprint density at radius 2 is 1.57 bits per heavy atom. The van der Waals surface area contributed by atoms with Gasteiger partial charge in [-0.05, 0) is 57.2 Å². The molecule has 148 valence electrons. The number of rotatable bonds is 5. The van der Waals surface area contributed by atoms with Gasteiger partial charge in [-0.3, -0.25) is 9.59 Å². The number of hydrogen-bond donors (Lipinski definition) is 0. The molecule has 0 amide bonds. The number of ketones is 1. The molecule has 3 atom stereocenters. The Morgan fingerprint density at radius 1 is 0.929 bits per heavy atom. The first-order chi connectivity index (χ1) is 13.3. The van der Waals surface area contributed by atoms with Gasteiger partial charge in [0.1, 0.15) is 11.4 Å². The Balaban J connectivity index is 1.88. The first-order valence-corrected chi connectivity index (χ1v) is 9.74. The second-order valence-corrected chi connectivity index (χ2v) is 8.42. The fourth-order valence-corrected chi connectivity index (χ4v) is 3.94. The van der Waals surface area contributed by atoms with Gasteiger partial charge in [-0.2, -0.15) is 0 Å². The van der Waals surface area contributed by atoms with E-state index in [4.69, 9.17) is 9.47 Å². The van der Waals surface area contributed by atoms with Gasteiger partial charge >= 0.3 is 5.97 Å². The van der Waals surface area contributed by atoms with E-state index in [0.717, 1.165) is 11.3 Å². The van der Waals surface area contributed by atoms with Crippen molar-refractivity contribution in [3.8, 4) is 5.75 Å². The van der Waals surface area contributed by atoms with Crippen molar-refractivity contribution in [3.05, 3.63) is 65.7 Å². The number of esters is 1. The fourth-order valence-electron chi connectivity index (χ4n) is 3.94. The lowest BCUT2D eigenvalue weighted by Crippen LogP contribution is -2.28. The highest BCUT2D eigenvalue weighted by Crippen LogP contribution is 2.45. The zero-order valence-corrected chi connectivity index (χ0v) is 17.0. The number of hydrogen-bond acceptors (Lipinski definition) is 4. The molecular formula is C24H28O4. The van der Waals surface area contributed by atoms with Crippen LogP contribution in [0.25, 0.3) is 0 Å². The molecule has 2 aromatic carbocycles. The van der Waals surface area contributed by atoms with E-state index >= 15 is 0 Å². The third-order valence-electron chi connectivity index (χ3n) is 5.24. The van der Waals surface area contributed by atoms with Crippen LogP contribution in [0.4, 0.5) is 0 Å². The number of Topliss-reactive ketones (excluding diaryl/α,β-unsaturated/α-hetero) is 1. The van der Waals surface area contributed by atoms with Crippen LogP contribution in [0, 0.1) is 11.8 Å². The molecule has 0 bridgehead atoms. The third-order valence-corrected chi connectivity index (χ3v) is 5.24. The first kappa shape index (κ1) is 20.1. The maximum absolute atomic E-state index is 13.2. The second-order valence-electron chi connectivity index (χ2n) is 8.42. The van der Waals surface area contributed by atoms with E-state index in [0.29, 0.717) is 18.4 Å². The van der Waals surface area contributed by atoms with Crippen molar-refractivity contribution in [2.45, 2.75) is 45.1 Å². The van der Waals surface area contributed by atoms with Gasteiger partial charge in [0, 0.05) is 11.5 Å². The Bertz CT molecular complexity index is 818. The van der Waals surface area contributed by atoms with Crippen LogP contribution in [-0.4, -0.2) is 24.5 Å². The second kappa shape index (κ2) is 8.17. The fraction of sp³-hybridized carbons (Fsp3) is 0.417. The molecule has 0 spiro atoms. The average molecular weight is 380 g/mol. The molecule has 1 aliphatic carbocycles. The van der Waals surface area contributed by atoms with Crippen molar-refractivity contribution in [2.75, 3.05) is 7.11 Å². The zero-order valence-electron chi connectivity index (χ0n) is 17.0. The molecule has 0 unspecified atom stereocenters. The molecule has 2 aromatic rings. The maximum Gasteiger partial charge on any atom is 0.309 e. The van der Waals surface area contributed by atoms with E-state index in [1.54, 1.807) is 7.11 Å². The number of carbonyl (C=O) groups excluding carboxylic acids is 2. The maximum atomic E-state index is 13.2. The molecular weight excluding hydrogens is 352 g/mol. The highest BCUT2D eigenvalue weighted by atomic mass is 16.6. The Labute approximate surface area is 166 Å². The van der Waals surface area contributed by atoms with E-state index in [2.05, 4.69) is 0 Å². The largest absolute Gasteiger partial charge is 0.497 e. The summed E-state index contributed by atoms with van der Waals surface area (Å²) in [7, 11) is 1.63. The van der Waals surface area contributed by atoms with Gasteiger partial charge < -0.3 is 9.47 Å². The summed E-state index contributed by atoms with van der Waals surface area (Å²) in [5.74, 6) is 0.117. The Morgan fingerprint density at radius 3 is 2.14 bits per heavy atom. The van der Waals surface area contributed by atoms with Crippen LogP contribution in [0.3, 0.4) is 0 Å². The SMILES string of the molecule is COc1ccc([C@H]2C[C@H](C(=O)OC(C)(C)C)C[C@@H]2C(=O)c2ccccc2)cc1. The molecule has 0 radical (unpaired) electrons. The summed E-state index contributed by atoms with van der Waals surface area (Å²) in [4.78, 5) is 25.9. The Hall–Kier alpha value is -2.62. The highest BCUT2D eigenvalue weighted by Gasteiger charge is 2.43. The van der Waals surface area contributed by atoms with Gasteiger partial charge in [0.15, 0.2) is 5.78 Å². The van der Waals surface area contributed by atoms with E-state index in [1.807, 2.05) is 75.4 Å². The molecule has 0 saturated heterocycles. The summed E-state index contributed by atoms with van der Waals surface area (Å²) >= 11 is 0. The molecule has 28 heavy (non-hydrogen) atoms. The lowest BCUT2D eigenvalue weighted by Gasteiger charge is -2.22. The summed E-state index contributed by atoms with van der Waals surface area (Å²) in [5, 5.41) is 0. The minimum atomic E-state index is -0.534. The standard InChI is InChI=1S/C24H28O4/c1-24(2,3)28-23(26)18-14-20(16-10-12-19(27-4)13-11-16)21(15-18)22(25)17-8-6-5-7-9-17/h5-13,18,20-21H,14-15H2,1-4H3/t18-,20+,21-/m0/s1. The summed E-state index contributed by atoms with van der Waals surface area (Å²) in [5.41, 5.74) is 1.21. The Kier molecular flexibility index (Phi) is 5.87. The monoisotopic (exact) mass is 380 g/mol. The van der Waals surface area contributed by atoms with Gasteiger partial charge in [0.05, 0.1) is 13.0 Å². The summed E-state index contributed by atoms with van der Waals surface area (Å²) in [6.45, 7) is 5.61. The number of carbonyl (C=O) groups is 2. The lowest BCUT2D eigenvalue weighted by atomic mass is 9.84. The van der Waals surface area contributed by atoms with Crippen molar-refractivity contribution >= 4 is 11.8 Å². The van der Waals surface area contributed by atoms with Crippen LogP contribution < -0.4 is 4.74 Å². The third kappa shape index (κ3) is 4.61. The van der Waals surface area contributed by atoms with Gasteiger partial charge in [0.2, 0.25) is 0 Å². The minimum Gasteiger partial charge on any atom is -0.497 e. The highest BCUT2D eigenvalue weighted by molar-refractivity contribution is 5.99. The zero-order chi connectivity index (χ0) is 20.3. The van der Waals surface area contributed by atoms with Crippen LogP contribution in [0.1, 0.15) is 55.5 Å². The molecule has 0 heterocycles. The molecule has 0 aromatic heterocycles. The van der Waals surface area contributed by atoms with Gasteiger partial charge in [-0.1, -0.05) is 42.5 Å². The van der Waals surface area contributed by atoms with E-state index < -0.39 is 5.60 Å². The van der Waals surface area contributed by atoms with Crippen LogP contribution in [0.2, 0.25) is 0 Å². The van der Waals surface area contributed by atoms with Crippen LogP contribution in [0.5, 0.6) is 5.75 Å². The number of benzene rings is 2. The van der Waals surface area contributed by atoms with Crippen molar-refractivity contribution in [3.63, 3.8) is 0 Å². The predicted octanol–water partition coefficient (Wildman–Crippen LogP) is 5.03. The normalized spacial score (nSPS) is 21.9. The van der Waals surface area contributed by atoms with Crippen LogP contribution >= 0.6 is 0 Å². The predicted molar refractivity (Wildman–Crippen MR) is 109 cm³/mol. The quantitative estimate of drug-likeness (QED) is 0.539. The molecule has 0 aliphatic heterocycles. The van der Waals surface area contributed by atoms with Crippen molar-refractivity contribution in [2.24, 2.45) is 11.8 Å². The summed E-state index contributed by atoms with van der Waals surface area (Å²) in [6.07, 6.45) is 1.13. The molecule has 1 aliphatic rings. The van der Waals surface area contributed by atoms with Gasteiger partial charge in [0.25, 0.3) is 0 Å². The van der Waals surface area contributed by atoms with E-state index in [1.165, 1.54) is 0 Å².